The van der Waals surface area contributed by atoms with Crippen LogP contribution in [0.1, 0.15) is 24.0 Å². The van der Waals surface area contributed by atoms with Crippen molar-refractivity contribution in [2.75, 3.05) is 18.4 Å². The number of likely N-dealkylation sites (tertiary alicyclic amines) is 1. The lowest BCUT2D eigenvalue weighted by molar-refractivity contribution is 0.206. The maximum atomic E-state index is 6.03. The minimum absolute atomic E-state index is 0.342. The summed E-state index contributed by atoms with van der Waals surface area (Å²) in [7, 11) is 0. The van der Waals surface area contributed by atoms with E-state index in [1.54, 1.807) is 6.33 Å². The normalized spacial score (nSPS) is 16.3. The van der Waals surface area contributed by atoms with Crippen LogP contribution in [0.2, 0.25) is 0 Å². The summed E-state index contributed by atoms with van der Waals surface area (Å²) in [6.45, 7) is 5.03. The average molecular weight is 415 g/mol. The first kappa shape index (κ1) is 17.5. The Morgan fingerprint density at radius 3 is 2.88 bits per heavy atom. The SMILES string of the molecule is Cc1ccc(Nc2ncnc3[nH]cc(CN4CCC(N)CC4)c23)cc1Br. The Balaban J connectivity index is 1.62. The van der Waals surface area contributed by atoms with Gasteiger partial charge in [-0.25, -0.2) is 9.97 Å². The summed E-state index contributed by atoms with van der Waals surface area (Å²) in [5, 5.41) is 4.50. The number of piperidine rings is 1. The van der Waals surface area contributed by atoms with Crippen LogP contribution in [0.15, 0.2) is 35.2 Å². The van der Waals surface area contributed by atoms with Crippen LogP contribution in [0.4, 0.5) is 11.5 Å². The second kappa shape index (κ2) is 7.34. The molecule has 1 saturated heterocycles. The molecule has 3 aromatic rings. The fourth-order valence-electron chi connectivity index (χ4n) is 3.41. The van der Waals surface area contributed by atoms with Gasteiger partial charge in [0.1, 0.15) is 17.8 Å². The van der Waals surface area contributed by atoms with E-state index >= 15 is 0 Å². The smallest absolute Gasteiger partial charge is 0.143 e. The zero-order chi connectivity index (χ0) is 18.1. The standard InChI is InChI=1S/C19H23BrN6/c1-12-2-3-15(8-16(12)20)25-19-17-13(9-22-18(17)23-11-24-19)10-26-6-4-14(21)5-7-26/h2-3,8-9,11,14H,4-7,10,21H2,1H3,(H2,22,23,24,25). The van der Waals surface area contributed by atoms with Crippen molar-refractivity contribution in [1.82, 2.24) is 19.9 Å². The number of H-pyrrole nitrogens is 1. The predicted molar refractivity (Wildman–Crippen MR) is 109 cm³/mol. The fraction of sp³-hybridized carbons (Fsp3) is 0.368. The molecular weight excluding hydrogens is 392 g/mol. The summed E-state index contributed by atoms with van der Waals surface area (Å²) in [6, 6.07) is 6.56. The van der Waals surface area contributed by atoms with E-state index in [0.29, 0.717) is 6.04 Å². The molecule has 4 rings (SSSR count). The largest absolute Gasteiger partial charge is 0.346 e. The molecule has 0 unspecified atom stereocenters. The minimum Gasteiger partial charge on any atom is -0.346 e. The van der Waals surface area contributed by atoms with Crippen molar-refractivity contribution in [3.05, 3.63) is 46.3 Å². The van der Waals surface area contributed by atoms with Crippen molar-refractivity contribution in [3.63, 3.8) is 0 Å². The number of nitrogens with two attached hydrogens (primary N) is 1. The van der Waals surface area contributed by atoms with E-state index in [1.807, 2.05) is 6.20 Å². The van der Waals surface area contributed by atoms with Crippen LogP contribution in [0.25, 0.3) is 11.0 Å². The van der Waals surface area contributed by atoms with Crippen LogP contribution >= 0.6 is 15.9 Å². The number of hydrogen-bond acceptors (Lipinski definition) is 5. The first-order valence-electron chi connectivity index (χ1n) is 8.92. The van der Waals surface area contributed by atoms with Gasteiger partial charge in [-0.3, -0.25) is 4.90 Å². The van der Waals surface area contributed by atoms with Crippen molar-refractivity contribution < 1.29 is 0 Å². The number of aromatic amines is 1. The average Bonchev–Trinajstić information content (AvgIpc) is 3.04. The maximum Gasteiger partial charge on any atom is 0.143 e. The number of aromatic nitrogens is 3. The number of hydrogen-bond donors (Lipinski definition) is 3. The van der Waals surface area contributed by atoms with Crippen LogP contribution in [-0.4, -0.2) is 39.0 Å². The molecule has 0 saturated carbocycles. The first-order chi connectivity index (χ1) is 12.6. The Morgan fingerprint density at radius 1 is 1.31 bits per heavy atom. The van der Waals surface area contributed by atoms with Gasteiger partial charge in [-0.05, 0) is 56.1 Å². The molecule has 6 nitrogen and oxygen atoms in total. The van der Waals surface area contributed by atoms with Crippen LogP contribution in [0, 0.1) is 6.92 Å². The van der Waals surface area contributed by atoms with Crippen LogP contribution < -0.4 is 11.1 Å². The molecular formula is C19H23BrN6. The number of benzene rings is 1. The summed E-state index contributed by atoms with van der Waals surface area (Å²) < 4.78 is 1.08. The molecule has 0 spiro atoms. The van der Waals surface area contributed by atoms with E-state index < -0.39 is 0 Å². The molecule has 3 heterocycles. The molecule has 0 amide bonds. The number of nitrogens with one attached hydrogen (secondary N) is 2. The van der Waals surface area contributed by atoms with Gasteiger partial charge in [0.15, 0.2) is 0 Å². The highest BCUT2D eigenvalue weighted by Crippen LogP contribution is 2.29. The monoisotopic (exact) mass is 414 g/mol. The van der Waals surface area contributed by atoms with Crippen LogP contribution in [0.3, 0.4) is 0 Å². The summed E-state index contributed by atoms with van der Waals surface area (Å²) >= 11 is 3.59. The van der Waals surface area contributed by atoms with E-state index in [4.69, 9.17) is 5.73 Å². The van der Waals surface area contributed by atoms with Crippen LogP contribution in [-0.2, 0) is 6.54 Å². The van der Waals surface area contributed by atoms with Gasteiger partial charge >= 0.3 is 0 Å². The molecule has 1 aliphatic rings. The van der Waals surface area contributed by atoms with Crippen molar-refractivity contribution >= 4 is 38.5 Å². The number of anilines is 2. The highest BCUT2D eigenvalue weighted by molar-refractivity contribution is 9.10. The fourth-order valence-corrected chi connectivity index (χ4v) is 3.78. The number of fused-ring (bicyclic) bond motifs is 1. The van der Waals surface area contributed by atoms with Crippen molar-refractivity contribution in [2.24, 2.45) is 5.73 Å². The summed E-state index contributed by atoms with van der Waals surface area (Å²) in [5.41, 5.74) is 10.3. The molecule has 26 heavy (non-hydrogen) atoms. The highest BCUT2D eigenvalue weighted by Gasteiger charge is 2.19. The molecule has 0 radical (unpaired) electrons. The summed E-state index contributed by atoms with van der Waals surface area (Å²) in [5.74, 6) is 0.829. The van der Waals surface area contributed by atoms with Crippen molar-refractivity contribution in [1.29, 1.82) is 0 Å². The molecule has 1 aromatic carbocycles. The van der Waals surface area contributed by atoms with Gasteiger partial charge in [0, 0.05) is 28.9 Å². The number of nitrogens with zero attached hydrogens (tertiary/aromatic N) is 3. The van der Waals surface area contributed by atoms with E-state index in [9.17, 15) is 0 Å². The van der Waals surface area contributed by atoms with Gasteiger partial charge in [0.2, 0.25) is 0 Å². The number of rotatable bonds is 4. The zero-order valence-corrected chi connectivity index (χ0v) is 16.4. The van der Waals surface area contributed by atoms with Gasteiger partial charge in [-0.1, -0.05) is 22.0 Å². The number of halogens is 1. The van der Waals surface area contributed by atoms with Gasteiger partial charge < -0.3 is 16.0 Å². The third kappa shape index (κ3) is 3.60. The third-order valence-corrected chi connectivity index (χ3v) is 5.87. The Labute approximate surface area is 161 Å². The first-order valence-corrected chi connectivity index (χ1v) is 9.71. The molecule has 4 N–H and O–H groups in total. The molecule has 0 atom stereocenters. The Morgan fingerprint density at radius 2 is 2.12 bits per heavy atom. The van der Waals surface area contributed by atoms with Gasteiger partial charge in [0.25, 0.3) is 0 Å². The van der Waals surface area contributed by atoms with E-state index in [1.165, 1.54) is 11.1 Å². The lowest BCUT2D eigenvalue weighted by Gasteiger charge is -2.29. The third-order valence-electron chi connectivity index (χ3n) is 5.01. The van der Waals surface area contributed by atoms with Crippen molar-refractivity contribution in [3.8, 4) is 0 Å². The maximum absolute atomic E-state index is 6.03. The lowest BCUT2D eigenvalue weighted by Crippen LogP contribution is -2.39. The van der Waals surface area contributed by atoms with Gasteiger partial charge in [0.05, 0.1) is 5.39 Å². The van der Waals surface area contributed by atoms with E-state index in [0.717, 1.165) is 59.5 Å². The van der Waals surface area contributed by atoms with E-state index in [-0.39, 0.29) is 0 Å². The van der Waals surface area contributed by atoms with E-state index in [2.05, 4.69) is 66.2 Å². The molecule has 1 fully saturated rings. The quantitative estimate of drug-likeness (QED) is 0.606. The van der Waals surface area contributed by atoms with Gasteiger partial charge in [-0.15, -0.1) is 0 Å². The zero-order valence-electron chi connectivity index (χ0n) is 14.8. The topological polar surface area (TPSA) is 82.9 Å². The van der Waals surface area contributed by atoms with Crippen molar-refractivity contribution in [2.45, 2.75) is 32.4 Å². The molecule has 1 aliphatic heterocycles. The van der Waals surface area contributed by atoms with Crippen LogP contribution in [0.5, 0.6) is 0 Å². The predicted octanol–water partition coefficient (Wildman–Crippen LogP) is 3.70. The Hall–Kier alpha value is -1.96. The second-order valence-electron chi connectivity index (χ2n) is 6.96. The second-order valence-corrected chi connectivity index (χ2v) is 7.82. The Bertz CT molecular complexity index is 914. The summed E-state index contributed by atoms with van der Waals surface area (Å²) in [6.07, 6.45) is 5.75. The Kier molecular flexibility index (Phi) is 4.93. The van der Waals surface area contributed by atoms with Gasteiger partial charge in [-0.2, -0.15) is 0 Å². The lowest BCUT2D eigenvalue weighted by atomic mass is 10.1. The minimum atomic E-state index is 0.342. The number of aryl methyl sites for hydroxylation is 1. The molecule has 0 bridgehead atoms. The molecule has 2 aromatic heterocycles. The molecule has 0 aliphatic carbocycles. The molecule has 136 valence electrons. The molecule has 7 heteroatoms. The summed E-state index contributed by atoms with van der Waals surface area (Å²) in [4.78, 5) is 14.6. The highest BCUT2D eigenvalue weighted by atomic mass is 79.9.